The molecule has 2 aromatic carbocycles. The molecule has 0 spiro atoms. The van der Waals surface area contributed by atoms with Crippen LogP contribution in [-0.2, 0) is 16.1 Å². The van der Waals surface area contributed by atoms with E-state index in [1.807, 2.05) is 48.7 Å². The van der Waals surface area contributed by atoms with Crippen LogP contribution in [-0.4, -0.2) is 34.5 Å². The summed E-state index contributed by atoms with van der Waals surface area (Å²) in [6.45, 7) is 4.70. The molecule has 0 saturated heterocycles. The molecule has 2 aromatic heterocycles. The van der Waals surface area contributed by atoms with Crippen LogP contribution in [0.15, 0.2) is 54.9 Å². The van der Waals surface area contributed by atoms with E-state index in [0.717, 1.165) is 53.4 Å². The lowest BCUT2D eigenvalue weighted by molar-refractivity contribution is -0.122. The van der Waals surface area contributed by atoms with E-state index in [0.29, 0.717) is 21.7 Å². The van der Waals surface area contributed by atoms with Gasteiger partial charge in [-0.25, -0.2) is 0 Å². The van der Waals surface area contributed by atoms with E-state index >= 15 is 0 Å². The van der Waals surface area contributed by atoms with Gasteiger partial charge < -0.3 is 14.9 Å². The van der Waals surface area contributed by atoms with Gasteiger partial charge in [0.2, 0.25) is 0 Å². The smallest absolute Gasteiger partial charge is 0.259 e. The van der Waals surface area contributed by atoms with E-state index in [1.165, 1.54) is 0 Å². The third kappa shape index (κ3) is 3.42. The maximum atomic E-state index is 13.0. The number of nitrogens with one attached hydrogen (secondary N) is 3. The molecule has 0 bridgehead atoms. The predicted molar refractivity (Wildman–Crippen MR) is 128 cm³/mol. The van der Waals surface area contributed by atoms with Gasteiger partial charge in [-0.05, 0) is 43.8 Å². The normalized spacial score (nSPS) is 14.2. The molecule has 0 unspecified atom stereocenters. The summed E-state index contributed by atoms with van der Waals surface area (Å²) >= 11 is 6.32. The second-order valence-electron chi connectivity index (χ2n) is 7.89. The second-order valence-corrected chi connectivity index (χ2v) is 8.32. The maximum absolute atomic E-state index is 13.0. The van der Waals surface area contributed by atoms with E-state index in [2.05, 4.69) is 27.1 Å². The molecule has 6 nitrogen and oxygen atoms in total. The third-order valence-corrected chi connectivity index (χ3v) is 6.14. The van der Waals surface area contributed by atoms with Crippen LogP contribution < -0.4 is 10.6 Å². The van der Waals surface area contributed by atoms with Gasteiger partial charge >= 0.3 is 0 Å². The molecule has 3 heterocycles. The zero-order valence-corrected chi connectivity index (χ0v) is 18.4. The first-order valence-electron chi connectivity index (χ1n) is 10.7. The maximum Gasteiger partial charge on any atom is 0.259 e. The third-order valence-electron chi connectivity index (χ3n) is 5.90. The molecule has 0 atom stereocenters. The SMILES string of the molecule is CCNCCCn1cc(C2=C(c3c[nH]c4ccccc34)C(=O)NC2=O)c2cc(Cl)ccc21. The van der Waals surface area contributed by atoms with Crippen LogP contribution in [0.25, 0.3) is 33.0 Å². The van der Waals surface area contributed by atoms with E-state index in [1.54, 1.807) is 6.20 Å². The summed E-state index contributed by atoms with van der Waals surface area (Å²) in [6, 6.07) is 13.4. The summed E-state index contributed by atoms with van der Waals surface area (Å²) in [5, 5.41) is 8.18. The van der Waals surface area contributed by atoms with Crippen molar-refractivity contribution in [3.63, 3.8) is 0 Å². The number of carbonyl (C=O) groups is 2. The molecular formula is C25H23ClN4O2. The standard InChI is InChI=1S/C25H23ClN4O2/c1-2-27-10-5-11-30-14-19(17-12-15(26)8-9-21(17)30)23-22(24(31)29-25(23)32)18-13-28-20-7-4-3-6-16(18)20/h3-4,6-9,12-14,27-28H,2,5,10-11H2,1H3,(H,29,31,32). The van der Waals surface area contributed by atoms with Crippen LogP contribution in [0, 0.1) is 0 Å². The Morgan fingerprint density at radius 1 is 1.00 bits per heavy atom. The molecule has 7 heteroatoms. The monoisotopic (exact) mass is 446 g/mol. The van der Waals surface area contributed by atoms with E-state index in [4.69, 9.17) is 11.6 Å². The van der Waals surface area contributed by atoms with Crippen molar-refractivity contribution in [3.05, 3.63) is 71.0 Å². The number of halogens is 1. The number of rotatable bonds is 7. The van der Waals surface area contributed by atoms with Gasteiger partial charge in [-0.1, -0.05) is 36.7 Å². The summed E-state index contributed by atoms with van der Waals surface area (Å²) in [6.07, 6.45) is 4.70. The Bertz CT molecular complexity index is 1400. The average molecular weight is 447 g/mol. The Kier molecular flexibility index (Phi) is 5.33. The number of benzene rings is 2. The first-order chi connectivity index (χ1) is 15.6. The van der Waals surface area contributed by atoms with Gasteiger partial charge in [0.05, 0.1) is 11.1 Å². The number of hydrogen-bond donors (Lipinski definition) is 3. The predicted octanol–water partition coefficient (Wildman–Crippen LogP) is 4.34. The Hall–Kier alpha value is -3.35. The van der Waals surface area contributed by atoms with Crippen LogP contribution in [0.1, 0.15) is 24.5 Å². The molecule has 32 heavy (non-hydrogen) atoms. The van der Waals surface area contributed by atoms with Crippen molar-refractivity contribution in [2.45, 2.75) is 19.9 Å². The molecule has 0 fully saturated rings. The summed E-state index contributed by atoms with van der Waals surface area (Å²) in [7, 11) is 0. The van der Waals surface area contributed by atoms with Crippen molar-refractivity contribution in [3.8, 4) is 0 Å². The Balaban J connectivity index is 1.71. The fourth-order valence-corrected chi connectivity index (χ4v) is 4.62. The topological polar surface area (TPSA) is 78.9 Å². The second kappa shape index (κ2) is 8.30. The highest BCUT2D eigenvalue weighted by Gasteiger charge is 2.35. The van der Waals surface area contributed by atoms with Gasteiger partial charge in [0.1, 0.15) is 0 Å². The Morgan fingerprint density at radius 3 is 2.59 bits per heavy atom. The van der Waals surface area contributed by atoms with Crippen LogP contribution >= 0.6 is 11.6 Å². The van der Waals surface area contributed by atoms with Crippen LogP contribution in [0.5, 0.6) is 0 Å². The molecule has 0 aliphatic carbocycles. The molecule has 3 N–H and O–H groups in total. The lowest BCUT2D eigenvalue weighted by atomic mass is 9.95. The summed E-state index contributed by atoms with van der Waals surface area (Å²) in [5.41, 5.74) is 4.11. The number of aryl methyl sites for hydroxylation is 1. The number of imide groups is 1. The molecule has 1 aliphatic rings. The van der Waals surface area contributed by atoms with Gasteiger partial charge in [0.15, 0.2) is 0 Å². The van der Waals surface area contributed by atoms with E-state index in [-0.39, 0.29) is 11.8 Å². The summed E-state index contributed by atoms with van der Waals surface area (Å²) < 4.78 is 2.13. The molecule has 2 amide bonds. The van der Waals surface area contributed by atoms with Gasteiger partial charge in [-0.2, -0.15) is 0 Å². The number of aromatic nitrogens is 2. The number of para-hydroxylation sites is 1. The zero-order valence-electron chi connectivity index (χ0n) is 17.7. The minimum absolute atomic E-state index is 0.384. The minimum atomic E-state index is -0.387. The number of hydrogen-bond acceptors (Lipinski definition) is 3. The van der Waals surface area contributed by atoms with E-state index in [9.17, 15) is 9.59 Å². The highest BCUT2D eigenvalue weighted by Crippen LogP contribution is 2.38. The molecule has 162 valence electrons. The molecule has 4 aromatic rings. The van der Waals surface area contributed by atoms with Crippen molar-refractivity contribution in [1.82, 2.24) is 20.2 Å². The molecule has 1 aliphatic heterocycles. The van der Waals surface area contributed by atoms with E-state index < -0.39 is 0 Å². The Labute approximate surface area is 190 Å². The number of fused-ring (bicyclic) bond motifs is 2. The van der Waals surface area contributed by atoms with Gasteiger partial charge in [0, 0.05) is 56.9 Å². The fraction of sp³-hybridized carbons (Fsp3) is 0.200. The molecule has 0 radical (unpaired) electrons. The van der Waals surface area contributed by atoms with Crippen molar-refractivity contribution in [1.29, 1.82) is 0 Å². The van der Waals surface area contributed by atoms with Crippen molar-refractivity contribution in [2.24, 2.45) is 0 Å². The van der Waals surface area contributed by atoms with Crippen molar-refractivity contribution >= 4 is 56.4 Å². The number of carbonyl (C=O) groups excluding carboxylic acids is 2. The molecule has 0 saturated carbocycles. The molecule has 5 rings (SSSR count). The lowest BCUT2D eigenvalue weighted by Gasteiger charge is -2.05. The zero-order chi connectivity index (χ0) is 22.2. The Morgan fingerprint density at radius 2 is 1.78 bits per heavy atom. The largest absolute Gasteiger partial charge is 0.361 e. The fourth-order valence-electron chi connectivity index (χ4n) is 4.45. The number of nitrogens with zero attached hydrogens (tertiary/aromatic N) is 1. The van der Waals surface area contributed by atoms with Gasteiger partial charge in [-0.15, -0.1) is 0 Å². The number of aromatic amines is 1. The number of amides is 2. The average Bonchev–Trinajstić information content (AvgIpc) is 3.44. The van der Waals surface area contributed by atoms with Crippen LogP contribution in [0.3, 0.4) is 0 Å². The summed E-state index contributed by atoms with van der Waals surface area (Å²) in [5.74, 6) is -0.771. The van der Waals surface area contributed by atoms with Crippen molar-refractivity contribution < 1.29 is 9.59 Å². The van der Waals surface area contributed by atoms with Gasteiger partial charge in [0.25, 0.3) is 11.8 Å². The van der Waals surface area contributed by atoms with Crippen molar-refractivity contribution in [2.75, 3.05) is 13.1 Å². The first kappa shape index (κ1) is 20.5. The van der Waals surface area contributed by atoms with Gasteiger partial charge in [-0.3, -0.25) is 14.9 Å². The number of H-pyrrole nitrogens is 1. The highest BCUT2D eigenvalue weighted by molar-refractivity contribution is 6.50. The first-order valence-corrected chi connectivity index (χ1v) is 11.1. The minimum Gasteiger partial charge on any atom is -0.361 e. The van der Waals surface area contributed by atoms with Crippen LogP contribution in [0.4, 0.5) is 0 Å². The lowest BCUT2D eigenvalue weighted by Crippen LogP contribution is -2.22. The quantitative estimate of drug-likeness (QED) is 0.292. The highest BCUT2D eigenvalue weighted by atomic mass is 35.5. The molecular weight excluding hydrogens is 424 g/mol. The van der Waals surface area contributed by atoms with Crippen LogP contribution in [0.2, 0.25) is 5.02 Å². The summed E-state index contributed by atoms with van der Waals surface area (Å²) in [4.78, 5) is 29.1.